The molecule has 0 bridgehead atoms. The normalized spacial score (nSPS) is 24.9. The molecular formula is C56H80N10O8. The van der Waals surface area contributed by atoms with Gasteiger partial charge in [0.2, 0.25) is 47.3 Å². The Hall–Kier alpha value is -5.88. The van der Waals surface area contributed by atoms with Gasteiger partial charge in [-0.3, -0.25) is 38.4 Å². The van der Waals surface area contributed by atoms with Crippen LogP contribution in [0.2, 0.25) is 0 Å². The first kappa shape index (κ1) is 54.4. The highest BCUT2D eigenvalue weighted by Gasteiger charge is 2.48. The first-order valence-corrected chi connectivity index (χ1v) is 27.6. The number of rotatable bonds is 19. The second-order valence-corrected chi connectivity index (χ2v) is 21.8. The Kier molecular flexibility index (Phi) is 18.4. The number of nitrogens with one attached hydrogen (secondary N) is 6. The number of nitrogens with zero attached hydrogens (tertiary/aromatic N) is 4. The van der Waals surface area contributed by atoms with E-state index in [1.165, 1.54) is 22.3 Å². The average Bonchev–Trinajstić information content (AvgIpc) is 4.21. The third kappa shape index (κ3) is 13.0. The summed E-state index contributed by atoms with van der Waals surface area (Å²) in [7, 11) is 3.34. The van der Waals surface area contributed by atoms with Crippen LogP contribution in [0.3, 0.4) is 0 Å². The van der Waals surface area contributed by atoms with E-state index in [2.05, 4.69) is 56.2 Å². The van der Waals surface area contributed by atoms with E-state index in [4.69, 9.17) is 0 Å². The number of carbonyl (C=O) groups excluding carboxylic acids is 8. The smallest absolute Gasteiger partial charge is 0.247 e. The van der Waals surface area contributed by atoms with Crippen molar-refractivity contribution in [3.8, 4) is 0 Å². The summed E-state index contributed by atoms with van der Waals surface area (Å²) in [6.45, 7) is 4.32. The average molecular weight is 1020 g/mol. The van der Waals surface area contributed by atoms with E-state index in [1.807, 2.05) is 24.3 Å². The summed E-state index contributed by atoms with van der Waals surface area (Å²) in [4.78, 5) is 117. The number of benzene rings is 2. The van der Waals surface area contributed by atoms with Gasteiger partial charge in [0.15, 0.2) is 0 Å². The molecule has 0 saturated carbocycles. The Balaban J connectivity index is 0.784. The van der Waals surface area contributed by atoms with Crippen LogP contribution in [-0.2, 0) is 64.0 Å². The fraction of sp³-hybridized carbons (Fsp3) is 0.643. The van der Waals surface area contributed by atoms with Crippen molar-refractivity contribution >= 4 is 47.3 Å². The molecule has 18 heteroatoms. The lowest BCUT2D eigenvalue weighted by molar-refractivity contribution is -0.147. The molecule has 6 aliphatic rings. The van der Waals surface area contributed by atoms with E-state index in [1.54, 1.807) is 47.5 Å². The van der Waals surface area contributed by atoms with Crippen molar-refractivity contribution in [2.45, 2.75) is 190 Å². The SMILES string of the molecule is CN[C@@H](C)C(=O)N[C@H]1CN(C(=O)CCCCCCCCC(=O)N2CC[C@H]3CC[C@@H](C(=O)NC4Cc5ccccc5C4)N3C(=O)[C@@H](NC(=O)[C@H](C)NC)C2)CC[C@H]2CCC(C(=O)NC3Cc4ccccc4C3)N2C1=O. The second kappa shape index (κ2) is 25.1. The molecule has 0 radical (unpaired) electrons. The lowest BCUT2D eigenvalue weighted by Gasteiger charge is -2.39. The first-order valence-electron chi connectivity index (χ1n) is 27.6. The molecule has 8 rings (SSSR count). The van der Waals surface area contributed by atoms with Crippen molar-refractivity contribution < 1.29 is 38.4 Å². The summed E-state index contributed by atoms with van der Waals surface area (Å²) in [5, 5.41) is 18.1. The van der Waals surface area contributed by atoms with Crippen LogP contribution in [0.1, 0.15) is 126 Å². The Bertz CT molecular complexity index is 2170. The quantitative estimate of drug-likeness (QED) is 0.113. The molecule has 1 unspecified atom stereocenters. The van der Waals surface area contributed by atoms with Gasteiger partial charge in [-0.05, 0) is 127 Å². The van der Waals surface area contributed by atoms with E-state index >= 15 is 0 Å². The van der Waals surface area contributed by atoms with Gasteiger partial charge in [0.25, 0.3) is 0 Å². The van der Waals surface area contributed by atoms with Gasteiger partial charge in [0, 0.05) is 63.2 Å². The van der Waals surface area contributed by atoms with E-state index in [-0.39, 0.29) is 84.5 Å². The number of hydrogen-bond donors (Lipinski definition) is 6. The summed E-state index contributed by atoms with van der Waals surface area (Å²) in [5.74, 6) is -1.84. The van der Waals surface area contributed by atoms with Gasteiger partial charge in [-0.15, -0.1) is 0 Å². The standard InChI is InChI=1S/C56H80N10O8/c1-35(57-3)51(69)61-45-33-63(27-25-43-21-23-47(65(43)55(45)73)53(71)59-41-29-37-15-11-12-16-38(37)30-41)49(67)19-9-7-5-6-8-10-20-50(68)64-28-26-44-22-24-48(54(72)60-42-31-39-17-13-14-18-40(39)32-42)66(44)56(74)46(34-64)62-52(70)36(2)58-4/h11-18,35-36,41-48,57-58H,5-10,19-34H2,1-4H3,(H,59,71)(H,60,72)(H,61,69)(H,62,70)/t35-,36-,43+,44+,45-,46-,47-,48?/m0/s1. The molecule has 0 spiro atoms. The zero-order valence-corrected chi connectivity index (χ0v) is 44.0. The molecule has 2 aromatic carbocycles. The minimum atomic E-state index is -0.994. The lowest BCUT2D eigenvalue weighted by Crippen LogP contribution is -2.62. The van der Waals surface area contributed by atoms with Crippen molar-refractivity contribution in [3.05, 3.63) is 70.8 Å². The Morgan fingerprint density at radius 3 is 1.20 bits per heavy atom. The number of fused-ring (bicyclic) bond motifs is 4. The van der Waals surface area contributed by atoms with E-state index in [0.717, 1.165) is 51.4 Å². The fourth-order valence-electron chi connectivity index (χ4n) is 12.3. The Morgan fingerprint density at radius 1 is 0.500 bits per heavy atom. The van der Waals surface area contributed by atoms with E-state index in [0.29, 0.717) is 77.3 Å². The molecule has 4 saturated heterocycles. The monoisotopic (exact) mass is 1020 g/mol. The molecule has 0 aromatic heterocycles. The van der Waals surface area contributed by atoms with Crippen LogP contribution >= 0.6 is 0 Å². The highest BCUT2D eigenvalue weighted by Crippen LogP contribution is 2.33. The highest BCUT2D eigenvalue weighted by atomic mass is 16.2. The van der Waals surface area contributed by atoms with Crippen molar-refractivity contribution in [2.24, 2.45) is 0 Å². The Labute approximate surface area is 436 Å². The van der Waals surface area contributed by atoms with Gasteiger partial charge in [0.1, 0.15) is 24.2 Å². The summed E-state index contributed by atoms with van der Waals surface area (Å²) in [5.41, 5.74) is 4.91. The maximum Gasteiger partial charge on any atom is 0.247 e. The van der Waals surface area contributed by atoms with Gasteiger partial charge in [0.05, 0.1) is 12.1 Å². The molecule has 4 heterocycles. The van der Waals surface area contributed by atoms with Gasteiger partial charge in [-0.25, -0.2) is 0 Å². The summed E-state index contributed by atoms with van der Waals surface area (Å²) >= 11 is 0. The highest BCUT2D eigenvalue weighted by molar-refractivity contribution is 5.96. The van der Waals surface area contributed by atoms with Crippen LogP contribution in [0.5, 0.6) is 0 Å². The first-order chi connectivity index (χ1) is 35.7. The van der Waals surface area contributed by atoms with Gasteiger partial charge in [-0.1, -0.05) is 74.2 Å². The topological polar surface area (TPSA) is 222 Å². The van der Waals surface area contributed by atoms with Crippen LogP contribution in [0, 0.1) is 0 Å². The molecule has 74 heavy (non-hydrogen) atoms. The molecule has 8 atom stereocenters. The minimum Gasteiger partial charge on any atom is -0.351 e. The number of amides is 8. The van der Waals surface area contributed by atoms with Crippen molar-refractivity contribution in [3.63, 3.8) is 0 Å². The van der Waals surface area contributed by atoms with Crippen LogP contribution in [0.15, 0.2) is 48.5 Å². The molecule has 6 N–H and O–H groups in total. The number of carbonyl (C=O) groups is 8. The van der Waals surface area contributed by atoms with Crippen molar-refractivity contribution in [1.82, 2.24) is 51.5 Å². The molecule has 18 nitrogen and oxygen atoms in total. The summed E-state index contributed by atoms with van der Waals surface area (Å²) in [6, 6.07) is 11.4. The third-order valence-corrected chi connectivity index (χ3v) is 16.8. The van der Waals surface area contributed by atoms with Crippen LogP contribution < -0.4 is 31.9 Å². The fourth-order valence-corrected chi connectivity index (χ4v) is 12.3. The van der Waals surface area contributed by atoms with Crippen molar-refractivity contribution in [1.29, 1.82) is 0 Å². The summed E-state index contributed by atoms with van der Waals surface area (Å²) < 4.78 is 0. The van der Waals surface area contributed by atoms with E-state index in [9.17, 15) is 38.4 Å². The van der Waals surface area contributed by atoms with Crippen LogP contribution in [0.25, 0.3) is 0 Å². The number of unbranched alkanes of at least 4 members (excludes halogenated alkanes) is 5. The Morgan fingerprint density at radius 2 is 0.851 bits per heavy atom. The third-order valence-electron chi connectivity index (χ3n) is 16.8. The summed E-state index contributed by atoms with van der Waals surface area (Å²) in [6.07, 6.45) is 11.7. The van der Waals surface area contributed by atoms with E-state index < -0.39 is 36.3 Å². The molecule has 2 aliphatic carbocycles. The predicted molar refractivity (Wildman–Crippen MR) is 279 cm³/mol. The van der Waals surface area contributed by atoms with Gasteiger partial charge < -0.3 is 51.5 Å². The predicted octanol–water partition coefficient (Wildman–Crippen LogP) is 2.04. The molecule has 4 fully saturated rings. The van der Waals surface area contributed by atoms with Crippen LogP contribution in [0.4, 0.5) is 0 Å². The zero-order valence-electron chi connectivity index (χ0n) is 44.0. The maximum absolute atomic E-state index is 14.4. The second-order valence-electron chi connectivity index (χ2n) is 21.8. The number of hydrogen-bond acceptors (Lipinski definition) is 10. The van der Waals surface area contributed by atoms with Crippen molar-refractivity contribution in [2.75, 3.05) is 40.3 Å². The van der Waals surface area contributed by atoms with Gasteiger partial charge >= 0.3 is 0 Å². The molecule has 402 valence electrons. The molecule has 4 aliphatic heterocycles. The minimum absolute atomic E-state index is 0.0314. The zero-order chi connectivity index (χ0) is 52.5. The van der Waals surface area contributed by atoms with Crippen LogP contribution in [-0.4, -0.2) is 168 Å². The van der Waals surface area contributed by atoms with Gasteiger partial charge in [-0.2, -0.15) is 0 Å². The maximum atomic E-state index is 14.4. The largest absolute Gasteiger partial charge is 0.351 e. The lowest BCUT2D eigenvalue weighted by atomic mass is 10.0. The number of likely N-dealkylation sites (N-methyl/N-ethyl adjacent to an activating group) is 2. The molecule has 8 amide bonds. The molecule has 2 aromatic rings. The molecular weight excluding hydrogens is 941 g/mol.